The second kappa shape index (κ2) is 8.21. The normalized spacial score (nSPS) is 11.3. The highest BCUT2D eigenvalue weighted by Gasteiger charge is 2.13. The van der Waals surface area contributed by atoms with Crippen LogP contribution < -0.4 is 15.4 Å². The summed E-state index contributed by atoms with van der Waals surface area (Å²) in [5.74, 6) is 2.48. The number of aromatic nitrogens is 3. The van der Waals surface area contributed by atoms with E-state index < -0.39 is 10.0 Å². The smallest absolute Gasteiger partial charge is 0.250 e. The Bertz CT molecular complexity index is 946. The average Bonchev–Trinajstić information content (AvgIpc) is 3.15. The first-order chi connectivity index (χ1) is 12.5. The molecule has 3 aromatic heterocycles. The molecule has 0 saturated heterocycles. The molecule has 0 bridgehead atoms. The van der Waals surface area contributed by atoms with E-state index in [4.69, 9.17) is 0 Å². The summed E-state index contributed by atoms with van der Waals surface area (Å²) in [7, 11) is -3.45. The van der Waals surface area contributed by atoms with Crippen molar-refractivity contribution in [3.63, 3.8) is 0 Å². The van der Waals surface area contributed by atoms with Gasteiger partial charge < -0.3 is 10.6 Å². The van der Waals surface area contributed by atoms with Crippen LogP contribution in [0.1, 0.15) is 5.82 Å². The second-order valence-electron chi connectivity index (χ2n) is 5.28. The molecule has 0 fully saturated rings. The van der Waals surface area contributed by atoms with Crippen molar-refractivity contribution < 1.29 is 8.42 Å². The summed E-state index contributed by atoms with van der Waals surface area (Å²) in [4.78, 5) is 12.8. The molecule has 3 N–H and O–H groups in total. The molecule has 3 aromatic rings. The van der Waals surface area contributed by atoms with E-state index in [0.29, 0.717) is 34.0 Å². The van der Waals surface area contributed by atoms with E-state index in [1.807, 2.05) is 18.2 Å². The van der Waals surface area contributed by atoms with Gasteiger partial charge in [-0.25, -0.2) is 28.1 Å². The molecule has 0 radical (unpaired) electrons. The first kappa shape index (κ1) is 18.2. The Kier molecular flexibility index (Phi) is 5.76. The molecule has 0 spiro atoms. The van der Waals surface area contributed by atoms with Crippen LogP contribution in [0, 0.1) is 6.92 Å². The van der Waals surface area contributed by atoms with E-state index in [1.165, 1.54) is 11.3 Å². The number of hydrogen-bond acceptors (Lipinski definition) is 8. The fourth-order valence-corrected chi connectivity index (χ4v) is 4.22. The predicted octanol–water partition coefficient (Wildman–Crippen LogP) is 2.38. The molecule has 0 unspecified atom stereocenters. The van der Waals surface area contributed by atoms with Crippen LogP contribution in [0.4, 0.5) is 17.5 Å². The summed E-state index contributed by atoms with van der Waals surface area (Å²) in [6.07, 6.45) is 1.69. The third-order valence-corrected chi connectivity index (χ3v) is 6.10. The van der Waals surface area contributed by atoms with E-state index in [9.17, 15) is 8.42 Å². The minimum absolute atomic E-state index is 0.242. The van der Waals surface area contributed by atoms with E-state index in [-0.39, 0.29) is 6.54 Å². The van der Waals surface area contributed by atoms with Crippen LogP contribution in [0.5, 0.6) is 0 Å². The number of anilines is 3. The minimum Gasteiger partial charge on any atom is -0.369 e. The SMILES string of the molecule is Cc1nc(NCCNS(=O)(=O)c2cccs2)cc(Nc2ccccn2)n1. The van der Waals surface area contributed by atoms with Crippen LogP contribution in [-0.2, 0) is 10.0 Å². The maximum atomic E-state index is 12.0. The van der Waals surface area contributed by atoms with Crippen LogP contribution >= 0.6 is 11.3 Å². The largest absolute Gasteiger partial charge is 0.369 e. The van der Waals surface area contributed by atoms with Crippen LogP contribution in [0.3, 0.4) is 0 Å². The quantitative estimate of drug-likeness (QED) is 0.507. The van der Waals surface area contributed by atoms with Gasteiger partial charge in [-0.3, -0.25) is 0 Å². The Hall–Kier alpha value is -2.56. The van der Waals surface area contributed by atoms with Crippen molar-refractivity contribution in [2.75, 3.05) is 23.7 Å². The standard InChI is InChI=1S/C16H18N6O2S2/c1-12-20-14(11-15(21-12)22-13-5-2-3-7-17-13)18-8-9-19-26(23,24)16-6-4-10-25-16/h2-7,10-11,19H,8-9H2,1H3,(H2,17,18,20,21,22). The number of nitrogens with zero attached hydrogens (tertiary/aromatic N) is 3. The first-order valence-electron chi connectivity index (χ1n) is 7.84. The van der Waals surface area contributed by atoms with Gasteiger partial charge in [0.05, 0.1) is 0 Å². The summed E-state index contributed by atoms with van der Waals surface area (Å²) in [5.41, 5.74) is 0. The van der Waals surface area contributed by atoms with Crippen LogP contribution in [0.2, 0.25) is 0 Å². The zero-order valence-corrected chi connectivity index (χ0v) is 15.6. The van der Waals surface area contributed by atoms with Gasteiger partial charge in [-0.15, -0.1) is 11.3 Å². The molecule has 8 nitrogen and oxygen atoms in total. The van der Waals surface area contributed by atoms with Gasteiger partial charge in [0.1, 0.15) is 27.5 Å². The number of hydrogen-bond donors (Lipinski definition) is 3. The van der Waals surface area contributed by atoms with E-state index in [0.717, 1.165) is 0 Å². The maximum absolute atomic E-state index is 12.0. The van der Waals surface area contributed by atoms with Crippen molar-refractivity contribution in [2.45, 2.75) is 11.1 Å². The van der Waals surface area contributed by atoms with Crippen LogP contribution in [-0.4, -0.2) is 36.5 Å². The fraction of sp³-hybridized carbons (Fsp3) is 0.188. The lowest BCUT2D eigenvalue weighted by molar-refractivity contribution is 0.585. The summed E-state index contributed by atoms with van der Waals surface area (Å²) < 4.78 is 26.9. The Labute approximate surface area is 155 Å². The number of thiophene rings is 1. The third kappa shape index (κ3) is 4.97. The average molecular weight is 390 g/mol. The monoisotopic (exact) mass is 390 g/mol. The fourth-order valence-electron chi connectivity index (χ4n) is 2.15. The molecule has 3 rings (SSSR count). The van der Waals surface area contributed by atoms with Gasteiger partial charge in [-0.2, -0.15) is 0 Å². The van der Waals surface area contributed by atoms with Crippen LogP contribution in [0.15, 0.2) is 52.2 Å². The first-order valence-corrected chi connectivity index (χ1v) is 10.2. The molecule has 0 amide bonds. The van der Waals surface area contributed by atoms with Crippen molar-refractivity contribution in [3.8, 4) is 0 Å². The van der Waals surface area contributed by atoms with Gasteiger partial charge in [0.2, 0.25) is 10.0 Å². The van der Waals surface area contributed by atoms with Gasteiger partial charge in [-0.1, -0.05) is 12.1 Å². The van der Waals surface area contributed by atoms with Gasteiger partial charge in [0.25, 0.3) is 0 Å². The topological polar surface area (TPSA) is 109 Å². The highest BCUT2D eigenvalue weighted by Crippen LogP contribution is 2.16. The van der Waals surface area contributed by atoms with Gasteiger partial charge in [0, 0.05) is 25.4 Å². The minimum atomic E-state index is -3.45. The van der Waals surface area contributed by atoms with Crippen molar-refractivity contribution >= 4 is 38.8 Å². The molecular weight excluding hydrogens is 372 g/mol. The van der Waals surface area contributed by atoms with Crippen molar-refractivity contribution in [1.29, 1.82) is 0 Å². The maximum Gasteiger partial charge on any atom is 0.250 e. The third-order valence-electron chi connectivity index (χ3n) is 3.24. The van der Waals surface area contributed by atoms with Gasteiger partial charge in [0.15, 0.2) is 0 Å². The molecule has 0 aliphatic rings. The molecule has 0 aliphatic carbocycles. The number of nitrogens with one attached hydrogen (secondary N) is 3. The summed E-state index contributed by atoms with van der Waals surface area (Å²) >= 11 is 1.18. The number of pyridine rings is 1. The Morgan fingerprint density at radius 1 is 1.04 bits per heavy atom. The highest BCUT2D eigenvalue weighted by molar-refractivity contribution is 7.91. The summed E-state index contributed by atoms with van der Waals surface area (Å²) in [5, 5.41) is 7.93. The molecule has 0 aliphatic heterocycles. The molecule has 0 atom stereocenters. The Morgan fingerprint density at radius 3 is 2.62 bits per heavy atom. The van der Waals surface area contributed by atoms with Gasteiger partial charge >= 0.3 is 0 Å². The van der Waals surface area contributed by atoms with Crippen molar-refractivity contribution in [1.82, 2.24) is 19.7 Å². The molecule has 0 aromatic carbocycles. The van der Waals surface area contributed by atoms with Crippen LogP contribution in [0.25, 0.3) is 0 Å². The number of rotatable bonds is 8. The zero-order chi connectivity index (χ0) is 18.4. The van der Waals surface area contributed by atoms with Crippen molar-refractivity contribution in [2.24, 2.45) is 0 Å². The van der Waals surface area contributed by atoms with E-state index >= 15 is 0 Å². The zero-order valence-electron chi connectivity index (χ0n) is 14.0. The number of aryl methyl sites for hydroxylation is 1. The van der Waals surface area contributed by atoms with Crippen molar-refractivity contribution in [3.05, 3.63) is 53.8 Å². The lowest BCUT2D eigenvalue weighted by Crippen LogP contribution is -2.28. The lowest BCUT2D eigenvalue weighted by Gasteiger charge is -2.10. The molecule has 10 heteroatoms. The number of sulfonamides is 1. The van der Waals surface area contributed by atoms with Gasteiger partial charge in [-0.05, 0) is 30.5 Å². The molecule has 0 saturated carbocycles. The molecule has 3 heterocycles. The predicted molar refractivity (Wildman–Crippen MR) is 102 cm³/mol. The molecular formula is C16H18N6O2S2. The van der Waals surface area contributed by atoms with E-state index in [1.54, 1.807) is 36.7 Å². The second-order valence-corrected chi connectivity index (χ2v) is 8.22. The highest BCUT2D eigenvalue weighted by atomic mass is 32.2. The molecule has 26 heavy (non-hydrogen) atoms. The summed E-state index contributed by atoms with van der Waals surface area (Å²) in [6, 6.07) is 10.6. The molecule has 136 valence electrons. The van der Waals surface area contributed by atoms with E-state index in [2.05, 4.69) is 30.3 Å². The lowest BCUT2D eigenvalue weighted by atomic mass is 10.4. The summed E-state index contributed by atoms with van der Waals surface area (Å²) in [6.45, 7) is 2.42. The Balaban J connectivity index is 1.56. The Morgan fingerprint density at radius 2 is 1.88 bits per heavy atom.